The summed E-state index contributed by atoms with van der Waals surface area (Å²) >= 11 is 0. The number of fused-ring (bicyclic) bond motifs is 1. The lowest BCUT2D eigenvalue weighted by Crippen LogP contribution is -2.54. The largest absolute Gasteiger partial charge is 0.456 e. The molecular formula is C10H14O5. The van der Waals surface area contributed by atoms with E-state index < -0.39 is 24.1 Å². The first kappa shape index (κ1) is 10.6. The molecule has 4 atom stereocenters. The minimum Gasteiger partial charge on any atom is -0.456 e. The third kappa shape index (κ3) is 1.66. The van der Waals surface area contributed by atoms with Gasteiger partial charge in [-0.15, -0.1) is 0 Å². The number of carbonyl (C=O) groups is 2. The van der Waals surface area contributed by atoms with Crippen LogP contribution >= 0.6 is 0 Å². The summed E-state index contributed by atoms with van der Waals surface area (Å²) in [5.41, 5.74) is 0. The van der Waals surface area contributed by atoms with Crippen LogP contribution in [0.15, 0.2) is 0 Å². The normalized spacial score (nSPS) is 43.3. The molecule has 2 aliphatic heterocycles. The zero-order valence-corrected chi connectivity index (χ0v) is 8.93. The predicted octanol–water partition coefficient (Wildman–Crippen LogP) is 0.267. The summed E-state index contributed by atoms with van der Waals surface area (Å²) < 4.78 is 16.0. The van der Waals surface area contributed by atoms with Gasteiger partial charge in [0.2, 0.25) is 0 Å². The van der Waals surface area contributed by atoms with Crippen LogP contribution in [0.5, 0.6) is 0 Å². The zero-order valence-electron chi connectivity index (χ0n) is 8.93. The summed E-state index contributed by atoms with van der Waals surface area (Å²) in [4.78, 5) is 22.2. The van der Waals surface area contributed by atoms with Gasteiger partial charge < -0.3 is 19.0 Å². The van der Waals surface area contributed by atoms with Crippen molar-refractivity contribution in [3.8, 4) is 0 Å². The number of hydrogen-bond donors (Lipinski definition) is 0. The van der Waals surface area contributed by atoms with Gasteiger partial charge in [-0.1, -0.05) is 0 Å². The molecule has 0 aromatic carbocycles. The van der Waals surface area contributed by atoms with Gasteiger partial charge in [-0.25, -0.2) is 0 Å². The van der Waals surface area contributed by atoms with Crippen molar-refractivity contribution in [1.82, 2.24) is 0 Å². The quantitative estimate of drug-likeness (QED) is 0.463. The van der Waals surface area contributed by atoms with E-state index in [0.717, 1.165) is 0 Å². The molecule has 15 heavy (non-hydrogen) atoms. The number of aldehydes is 1. The highest BCUT2D eigenvalue weighted by Crippen LogP contribution is 2.36. The van der Waals surface area contributed by atoms with Crippen LogP contribution in [-0.2, 0) is 23.8 Å². The molecule has 4 unspecified atom stereocenters. The fourth-order valence-corrected chi connectivity index (χ4v) is 2.01. The molecule has 0 bridgehead atoms. The van der Waals surface area contributed by atoms with Gasteiger partial charge in [0.15, 0.2) is 24.3 Å². The second kappa shape index (κ2) is 3.28. The summed E-state index contributed by atoms with van der Waals surface area (Å²) in [6, 6.07) is 0. The zero-order chi connectivity index (χ0) is 11.2. The van der Waals surface area contributed by atoms with Gasteiger partial charge in [-0.2, -0.15) is 0 Å². The molecule has 0 aromatic heterocycles. The Morgan fingerprint density at radius 2 is 1.93 bits per heavy atom. The van der Waals surface area contributed by atoms with Gasteiger partial charge in [-0.3, -0.25) is 4.79 Å². The van der Waals surface area contributed by atoms with Crippen molar-refractivity contribution in [2.45, 2.75) is 44.9 Å². The summed E-state index contributed by atoms with van der Waals surface area (Å²) in [7, 11) is 0. The summed E-state index contributed by atoms with van der Waals surface area (Å²) in [5, 5.41) is 0. The van der Waals surface area contributed by atoms with E-state index in [4.69, 9.17) is 14.2 Å². The highest BCUT2D eigenvalue weighted by molar-refractivity contribution is 5.76. The molecule has 2 rings (SSSR count). The Labute approximate surface area is 87.7 Å². The first-order valence-corrected chi connectivity index (χ1v) is 4.96. The van der Waals surface area contributed by atoms with E-state index >= 15 is 0 Å². The molecule has 0 amide bonds. The van der Waals surface area contributed by atoms with Crippen LogP contribution in [0.4, 0.5) is 0 Å². The molecule has 0 aliphatic carbocycles. The number of ether oxygens (including phenoxy) is 3. The first-order valence-electron chi connectivity index (χ1n) is 4.96. The third-order valence-corrected chi connectivity index (χ3v) is 2.74. The molecule has 2 heterocycles. The summed E-state index contributed by atoms with van der Waals surface area (Å²) in [5.74, 6) is -1.53. The van der Waals surface area contributed by atoms with Gasteiger partial charge >= 0.3 is 5.97 Å². The van der Waals surface area contributed by atoms with Crippen molar-refractivity contribution in [2.24, 2.45) is 5.92 Å². The maximum absolute atomic E-state index is 11.3. The molecule has 84 valence electrons. The molecular weight excluding hydrogens is 200 g/mol. The van der Waals surface area contributed by atoms with Crippen LogP contribution in [0.3, 0.4) is 0 Å². The Morgan fingerprint density at radius 1 is 1.27 bits per heavy atom. The lowest BCUT2D eigenvalue weighted by atomic mass is 9.98. The minimum atomic E-state index is -0.852. The van der Waals surface area contributed by atoms with E-state index in [-0.39, 0.29) is 11.9 Å². The van der Waals surface area contributed by atoms with E-state index in [9.17, 15) is 9.59 Å². The molecule has 0 saturated carbocycles. The smallest absolute Gasteiger partial charge is 0.311 e. The Bertz CT molecular complexity index is 298. The molecule has 0 N–H and O–H groups in total. The van der Waals surface area contributed by atoms with Crippen molar-refractivity contribution in [3.05, 3.63) is 0 Å². The van der Waals surface area contributed by atoms with Crippen LogP contribution in [-0.4, -0.2) is 36.4 Å². The van der Waals surface area contributed by atoms with E-state index in [1.165, 1.54) is 0 Å². The minimum absolute atomic E-state index is 0.335. The predicted molar refractivity (Wildman–Crippen MR) is 48.9 cm³/mol. The van der Waals surface area contributed by atoms with Crippen molar-refractivity contribution in [2.75, 3.05) is 0 Å². The van der Waals surface area contributed by atoms with Gasteiger partial charge in [-0.05, 0) is 20.8 Å². The average Bonchev–Trinajstić information content (AvgIpc) is 2.42. The molecule has 0 radical (unpaired) electrons. The van der Waals surface area contributed by atoms with Gasteiger partial charge in [0, 0.05) is 0 Å². The Hall–Kier alpha value is -0.940. The van der Waals surface area contributed by atoms with E-state index in [1.54, 1.807) is 20.8 Å². The molecule has 0 aromatic rings. The van der Waals surface area contributed by atoms with E-state index in [0.29, 0.717) is 6.29 Å². The fourth-order valence-electron chi connectivity index (χ4n) is 2.01. The maximum Gasteiger partial charge on any atom is 0.311 e. The Balaban J connectivity index is 2.26. The van der Waals surface area contributed by atoms with Gasteiger partial charge in [0.05, 0.1) is 5.92 Å². The van der Waals surface area contributed by atoms with Crippen molar-refractivity contribution < 1.29 is 23.8 Å². The van der Waals surface area contributed by atoms with Crippen molar-refractivity contribution in [1.29, 1.82) is 0 Å². The molecule has 2 saturated heterocycles. The van der Waals surface area contributed by atoms with Gasteiger partial charge in [0.1, 0.15) is 6.10 Å². The lowest BCUT2D eigenvalue weighted by Gasteiger charge is -2.40. The monoisotopic (exact) mass is 214 g/mol. The maximum atomic E-state index is 11.3. The van der Waals surface area contributed by atoms with Crippen LogP contribution in [0.25, 0.3) is 0 Å². The van der Waals surface area contributed by atoms with Gasteiger partial charge in [0.25, 0.3) is 0 Å². The van der Waals surface area contributed by atoms with Crippen molar-refractivity contribution in [3.63, 3.8) is 0 Å². The van der Waals surface area contributed by atoms with Crippen LogP contribution in [0.2, 0.25) is 0 Å². The SMILES string of the molecule is CC1C(=O)OC2C(C=O)OC(C)(C)OC12. The Morgan fingerprint density at radius 3 is 2.53 bits per heavy atom. The summed E-state index contributed by atoms with van der Waals surface area (Å²) in [6.45, 7) is 5.17. The van der Waals surface area contributed by atoms with E-state index in [2.05, 4.69) is 0 Å². The van der Waals surface area contributed by atoms with Crippen LogP contribution < -0.4 is 0 Å². The highest BCUT2D eigenvalue weighted by atomic mass is 16.7. The molecule has 5 nitrogen and oxygen atoms in total. The second-order valence-corrected chi connectivity index (χ2v) is 4.39. The number of hydrogen-bond acceptors (Lipinski definition) is 5. The number of rotatable bonds is 1. The van der Waals surface area contributed by atoms with Crippen LogP contribution in [0.1, 0.15) is 20.8 Å². The molecule has 5 heteroatoms. The lowest BCUT2D eigenvalue weighted by molar-refractivity contribution is -0.314. The molecule has 0 spiro atoms. The number of esters is 1. The molecule has 2 fully saturated rings. The van der Waals surface area contributed by atoms with E-state index in [1.807, 2.05) is 0 Å². The Kier molecular flexibility index (Phi) is 2.31. The first-order chi connectivity index (χ1) is 6.94. The number of carbonyl (C=O) groups excluding carboxylic acids is 2. The summed E-state index contributed by atoms with van der Waals surface area (Å²) in [6.07, 6.45) is -1.06. The van der Waals surface area contributed by atoms with Crippen molar-refractivity contribution >= 4 is 12.3 Å². The van der Waals surface area contributed by atoms with Crippen LogP contribution in [0, 0.1) is 5.92 Å². The standard InChI is InChI=1S/C10H14O5/c1-5-7-8(13-9(5)12)6(4-11)14-10(2,3)15-7/h4-8H,1-3H3. The highest BCUT2D eigenvalue weighted by Gasteiger charge is 2.53. The fraction of sp³-hybridized carbons (Fsp3) is 0.800. The topological polar surface area (TPSA) is 61.8 Å². The molecule has 2 aliphatic rings. The third-order valence-electron chi connectivity index (χ3n) is 2.74. The average molecular weight is 214 g/mol. The second-order valence-electron chi connectivity index (χ2n) is 4.39.